The Kier molecular flexibility index (Phi) is 4.16. The second-order valence-electron chi connectivity index (χ2n) is 5.91. The van der Waals surface area contributed by atoms with Crippen LogP contribution in [-0.4, -0.2) is 37.7 Å². The molecule has 3 nitrogen and oxygen atoms in total. The van der Waals surface area contributed by atoms with Gasteiger partial charge in [0.2, 0.25) is 0 Å². The molecule has 0 spiro atoms. The molecular weight excluding hydrogens is 236 g/mol. The lowest BCUT2D eigenvalue weighted by molar-refractivity contribution is 0.185. The van der Waals surface area contributed by atoms with Crippen molar-refractivity contribution in [3.63, 3.8) is 0 Å². The molecule has 2 aliphatic rings. The first-order chi connectivity index (χ1) is 9.35. The molecule has 2 atom stereocenters. The van der Waals surface area contributed by atoms with Gasteiger partial charge >= 0.3 is 0 Å². The van der Waals surface area contributed by atoms with E-state index in [0.717, 1.165) is 18.5 Å². The van der Waals surface area contributed by atoms with E-state index >= 15 is 0 Å². The van der Waals surface area contributed by atoms with Crippen LogP contribution in [0.5, 0.6) is 0 Å². The topological polar surface area (TPSA) is 24.5 Å². The molecule has 3 rings (SSSR count). The summed E-state index contributed by atoms with van der Waals surface area (Å²) in [5.74, 6) is 0.876. The van der Waals surface area contributed by atoms with Crippen LogP contribution in [0.4, 0.5) is 0 Å². The highest BCUT2D eigenvalue weighted by atomic mass is 16.5. The van der Waals surface area contributed by atoms with Gasteiger partial charge in [-0.05, 0) is 36.4 Å². The van der Waals surface area contributed by atoms with Crippen LogP contribution in [0.25, 0.3) is 0 Å². The largest absolute Gasteiger partial charge is 0.380 e. The molecule has 2 aliphatic heterocycles. The van der Waals surface area contributed by atoms with Crippen molar-refractivity contribution < 1.29 is 4.74 Å². The van der Waals surface area contributed by atoms with Gasteiger partial charge in [0.1, 0.15) is 0 Å². The zero-order valence-corrected chi connectivity index (χ0v) is 11.8. The molecule has 0 radical (unpaired) electrons. The minimum atomic E-state index is 0.706. The number of fused-ring (bicyclic) bond motifs is 1. The van der Waals surface area contributed by atoms with E-state index in [9.17, 15) is 0 Å². The van der Waals surface area contributed by atoms with Gasteiger partial charge in [0.15, 0.2) is 0 Å². The van der Waals surface area contributed by atoms with Crippen LogP contribution < -0.4 is 5.32 Å². The van der Waals surface area contributed by atoms with E-state index in [0.29, 0.717) is 6.61 Å². The predicted octanol–water partition coefficient (Wildman–Crippen LogP) is 2.02. The van der Waals surface area contributed by atoms with E-state index in [2.05, 4.69) is 34.5 Å². The van der Waals surface area contributed by atoms with Crippen molar-refractivity contribution in [3.8, 4) is 0 Å². The Balaban J connectivity index is 1.56. The summed E-state index contributed by atoms with van der Waals surface area (Å²) >= 11 is 0. The molecule has 1 N–H and O–H groups in total. The summed E-state index contributed by atoms with van der Waals surface area (Å²) in [6, 6.07) is 9.58. The molecule has 2 heterocycles. The number of hydrogen-bond acceptors (Lipinski definition) is 3. The van der Waals surface area contributed by atoms with E-state index in [-0.39, 0.29) is 0 Å². The molecule has 0 amide bonds. The van der Waals surface area contributed by atoms with Crippen LogP contribution in [-0.2, 0) is 17.9 Å². The first kappa shape index (κ1) is 13.1. The standard InChI is InChI=1S/C16H24N2O/c1-19-12-14-6-4-13(5-7-14)9-18-10-15-3-2-8-17-16(15)11-18/h4-7,15-17H,2-3,8-12H2,1H3. The third kappa shape index (κ3) is 3.16. The maximum absolute atomic E-state index is 5.15. The average molecular weight is 260 g/mol. The Morgan fingerprint density at radius 1 is 1.21 bits per heavy atom. The zero-order valence-electron chi connectivity index (χ0n) is 11.8. The summed E-state index contributed by atoms with van der Waals surface area (Å²) in [6.45, 7) is 5.47. The van der Waals surface area contributed by atoms with E-state index < -0.39 is 0 Å². The Hall–Kier alpha value is -0.900. The number of benzene rings is 1. The molecule has 1 aromatic rings. The number of nitrogens with zero attached hydrogens (tertiary/aromatic N) is 1. The molecule has 2 unspecified atom stereocenters. The average Bonchev–Trinajstić information content (AvgIpc) is 2.83. The minimum Gasteiger partial charge on any atom is -0.380 e. The summed E-state index contributed by atoms with van der Waals surface area (Å²) in [5.41, 5.74) is 2.67. The third-order valence-corrected chi connectivity index (χ3v) is 4.42. The Bertz CT molecular complexity index is 390. The monoisotopic (exact) mass is 260 g/mol. The van der Waals surface area contributed by atoms with Crippen molar-refractivity contribution >= 4 is 0 Å². The molecule has 3 heteroatoms. The fraction of sp³-hybridized carbons (Fsp3) is 0.625. The van der Waals surface area contributed by atoms with Gasteiger partial charge < -0.3 is 10.1 Å². The Morgan fingerprint density at radius 2 is 2.00 bits per heavy atom. The van der Waals surface area contributed by atoms with Crippen LogP contribution >= 0.6 is 0 Å². The van der Waals surface area contributed by atoms with Crippen molar-refractivity contribution in [2.45, 2.75) is 32.0 Å². The van der Waals surface area contributed by atoms with Crippen molar-refractivity contribution in [2.75, 3.05) is 26.7 Å². The van der Waals surface area contributed by atoms with Crippen molar-refractivity contribution in [3.05, 3.63) is 35.4 Å². The summed E-state index contributed by atoms with van der Waals surface area (Å²) < 4.78 is 5.15. The predicted molar refractivity (Wildman–Crippen MR) is 76.9 cm³/mol. The van der Waals surface area contributed by atoms with Crippen molar-refractivity contribution in [1.82, 2.24) is 10.2 Å². The number of nitrogens with one attached hydrogen (secondary N) is 1. The van der Waals surface area contributed by atoms with Gasteiger partial charge in [0.05, 0.1) is 6.61 Å². The van der Waals surface area contributed by atoms with Crippen LogP contribution in [0.3, 0.4) is 0 Å². The van der Waals surface area contributed by atoms with Gasteiger partial charge in [0.25, 0.3) is 0 Å². The number of hydrogen-bond donors (Lipinski definition) is 1. The second-order valence-corrected chi connectivity index (χ2v) is 5.91. The summed E-state index contributed by atoms with van der Waals surface area (Å²) in [4.78, 5) is 2.60. The first-order valence-electron chi connectivity index (χ1n) is 7.37. The van der Waals surface area contributed by atoms with Crippen LogP contribution in [0, 0.1) is 5.92 Å². The van der Waals surface area contributed by atoms with E-state index in [1.165, 1.54) is 43.6 Å². The lowest BCUT2D eigenvalue weighted by atomic mass is 9.94. The van der Waals surface area contributed by atoms with E-state index in [4.69, 9.17) is 4.74 Å². The number of rotatable bonds is 4. The maximum Gasteiger partial charge on any atom is 0.0713 e. The summed E-state index contributed by atoms with van der Waals surface area (Å²) in [5, 5.41) is 3.66. The zero-order chi connectivity index (χ0) is 13.1. The third-order valence-electron chi connectivity index (χ3n) is 4.42. The van der Waals surface area contributed by atoms with Gasteiger partial charge in [-0.15, -0.1) is 0 Å². The number of likely N-dealkylation sites (tertiary alicyclic amines) is 1. The molecule has 2 saturated heterocycles. The van der Waals surface area contributed by atoms with E-state index in [1.54, 1.807) is 7.11 Å². The summed E-state index contributed by atoms with van der Waals surface area (Å²) in [7, 11) is 1.74. The molecule has 0 saturated carbocycles. The van der Waals surface area contributed by atoms with E-state index in [1.807, 2.05) is 0 Å². The minimum absolute atomic E-state index is 0.706. The van der Waals surface area contributed by atoms with Crippen LogP contribution in [0.2, 0.25) is 0 Å². The van der Waals surface area contributed by atoms with Gasteiger partial charge in [-0.25, -0.2) is 0 Å². The Morgan fingerprint density at radius 3 is 2.74 bits per heavy atom. The van der Waals surface area contributed by atoms with Crippen LogP contribution in [0.15, 0.2) is 24.3 Å². The van der Waals surface area contributed by atoms with Crippen molar-refractivity contribution in [2.24, 2.45) is 5.92 Å². The van der Waals surface area contributed by atoms with Crippen molar-refractivity contribution in [1.29, 1.82) is 0 Å². The van der Waals surface area contributed by atoms with Gasteiger partial charge in [-0.1, -0.05) is 24.3 Å². The molecule has 104 valence electrons. The molecule has 2 fully saturated rings. The lowest BCUT2D eigenvalue weighted by Gasteiger charge is -2.24. The highest BCUT2D eigenvalue weighted by Crippen LogP contribution is 2.26. The smallest absolute Gasteiger partial charge is 0.0713 e. The molecule has 0 bridgehead atoms. The number of methoxy groups -OCH3 is 1. The fourth-order valence-corrected chi connectivity index (χ4v) is 3.43. The number of piperidine rings is 1. The molecule has 0 aliphatic carbocycles. The van der Waals surface area contributed by atoms with Gasteiger partial charge in [0, 0.05) is 32.8 Å². The molecule has 0 aromatic heterocycles. The number of ether oxygens (including phenoxy) is 1. The normalized spacial score (nSPS) is 27.4. The highest BCUT2D eigenvalue weighted by molar-refractivity contribution is 5.22. The second kappa shape index (κ2) is 6.04. The van der Waals surface area contributed by atoms with Crippen LogP contribution in [0.1, 0.15) is 24.0 Å². The lowest BCUT2D eigenvalue weighted by Crippen LogP contribution is -2.40. The molecule has 19 heavy (non-hydrogen) atoms. The summed E-state index contributed by atoms with van der Waals surface area (Å²) in [6.07, 6.45) is 2.75. The van der Waals surface area contributed by atoms with Gasteiger partial charge in [-0.3, -0.25) is 4.90 Å². The SMILES string of the molecule is COCc1ccc(CN2CC3CCCNC3C2)cc1. The highest BCUT2D eigenvalue weighted by Gasteiger charge is 2.33. The fourth-order valence-electron chi connectivity index (χ4n) is 3.43. The molecule has 1 aromatic carbocycles. The quantitative estimate of drug-likeness (QED) is 0.896. The van der Waals surface area contributed by atoms with Gasteiger partial charge in [-0.2, -0.15) is 0 Å². The first-order valence-corrected chi connectivity index (χ1v) is 7.37. The maximum atomic E-state index is 5.15. The molecular formula is C16H24N2O. The Labute approximate surface area is 115 Å².